The van der Waals surface area contributed by atoms with E-state index in [9.17, 15) is 4.79 Å². The molecule has 0 bridgehead atoms. The number of hydrogen-bond donors (Lipinski definition) is 1. The molecule has 0 aliphatic heterocycles. The lowest BCUT2D eigenvalue weighted by Crippen LogP contribution is -2.25. The third kappa shape index (κ3) is 5.13. The summed E-state index contributed by atoms with van der Waals surface area (Å²) < 4.78 is 1.15. The Morgan fingerprint density at radius 1 is 1.28 bits per heavy atom. The van der Waals surface area contributed by atoms with Gasteiger partial charge in [-0.15, -0.1) is 22.7 Å². The average molecular weight is 454 g/mol. The molecule has 3 aromatic heterocycles. The number of aryl methyl sites for hydroxylation is 1. The first-order valence-electron chi connectivity index (χ1n) is 7.62. The number of thioether (sulfide) groups is 1. The summed E-state index contributed by atoms with van der Waals surface area (Å²) in [5, 5.41) is 3.76. The highest BCUT2D eigenvalue weighted by atomic mass is 79.9. The molecule has 0 saturated carbocycles. The predicted molar refractivity (Wildman–Crippen MR) is 111 cm³/mol. The van der Waals surface area contributed by atoms with Crippen LogP contribution in [0.5, 0.6) is 0 Å². The van der Waals surface area contributed by atoms with Crippen LogP contribution < -0.4 is 5.32 Å². The van der Waals surface area contributed by atoms with Crippen LogP contribution in [-0.4, -0.2) is 28.2 Å². The van der Waals surface area contributed by atoms with E-state index in [1.165, 1.54) is 16.2 Å². The Bertz CT molecular complexity index is 848. The van der Waals surface area contributed by atoms with Gasteiger partial charge < -0.3 is 5.32 Å². The Kier molecular flexibility index (Phi) is 6.63. The van der Waals surface area contributed by atoms with Crippen molar-refractivity contribution in [2.75, 3.05) is 12.3 Å². The van der Waals surface area contributed by atoms with Crippen molar-refractivity contribution < 1.29 is 4.79 Å². The molecule has 3 rings (SSSR count). The maximum atomic E-state index is 12.4. The van der Waals surface area contributed by atoms with E-state index in [2.05, 4.69) is 43.3 Å². The molecule has 130 valence electrons. The van der Waals surface area contributed by atoms with Crippen LogP contribution in [0.25, 0.3) is 10.7 Å². The van der Waals surface area contributed by atoms with E-state index in [4.69, 9.17) is 0 Å². The topological polar surface area (TPSA) is 54.9 Å². The van der Waals surface area contributed by atoms with Crippen LogP contribution >= 0.6 is 50.4 Å². The molecule has 0 radical (unpaired) electrons. The third-order valence-electron chi connectivity index (χ3n) is 3.29. The fourth-order valence-corrected chi connectivity index (χ4v) is 5.54. The van der Waals surface area contributed by atoms with Gasteiger partial charge in [0.15, 0.2) is 0 Å². The molecule has 0 saturated heterocycles. The molecular weight excluding hydrogens is 438 g/mol. The Morgan fingerprint density at radius 2 is 2.16 bits per heavy atom. The molecule has 0 aliphatic rings. The fraction of sp³-hybridized carbons (Fsp3) is 0.235. The largest absolute Gasteiger partial charge is 0.350 e. The first kappa shape index (κ1) is 18.6. The van der Waals surface area contributed by atoms with Gasteiger partial charge in [-0.25, -0.2) is 4.98 Å². The lowest BCUT2D eigenvalue weighted by atomic mass is 10.3. The maximum Gasteiger partial charge on any atom is 0.263 e. The summed E-state index contributed by atoms with van der Waals surface area (Å²) in [4.78, 5) is 23.1. The molecule has 4 nitrogen and oxygen atoms in total. The van der Waals surface area contributed by atoms with Crippen molar-refractivity contribution in [2.24, 2.45) is 0 Å². The van der Waals surface area contributed by atoms with E-state index >= 15 is 0 Å². The fourth-order valence-electron chi connectivity index (χ4n) is 2.13. The van der Waals surface area contributed by atoms with Gasteiger partial charge in [0.2, 0.25) is 0 Å². The molecule has 0 unspecified atom stereocenters. The molecule has 1 N–H and O–H groups in total. The van der Waals surface area contributed by atoms with E-state index in [0.717, 1.165) is 31.7 Å². The van der Waals surface area contributed by atoms with Gasteiger partial charge in [0, 0.05) is 29.1 Å². The summed E-state index contributed by atoms with van der Waals surface area (Å²) in [6.07, 6.45) is 1.73. The highest BCUT2D eigenvalue weighted by Crippen LogP contribution is 2.27. The Hall–Kier alpha value is -1.22. The number of rotatable bonds is 7. The molecular formula is C17H16BrN3OS3. The molecule has 0 aromatic carbocycles. The second kappa shape index (κ2) is 8.93. The van der Waals surface area contributed by atoms with Crippen molar-refractivity contribution in [3.8, 4) is 10.7 Å². The minimum absolute atomic E-state index is 0.0587. The molecule has 0 spiro atoms. The summed E-state index contributed by atoms with van der Waals surface area (Å²) in [7, 11) is 0. The van der Waals surface area contributed by atoms with Crippen LogP contribution in [0.1, 0.15) is 20.2 Å². The highest BCUT2D eigenvalue weighted by molar-refractivity contribution is 9.11. The normalized spacial score (nSPS) is 10.8. The van der Waals surface area contributed by atoms with Gasteiger partial charge in [-0.05, 0) is 47.1 Å². The SMILES string of the molecule is Cc1nc(-c2ccccn2)sc1C(=O)NCCSCc1ccc(Br)s1. The molecule has 0 aliphatic carbocycles. The number of thiophene rings is 1. The molecule has 0 atom stereocenters. The van der Waals surface area contributed by atoms with Crippen molar-refractivity contribution in [1.82, 2.24) is 15.3 Å². The molecule has 0 fully saturated rings. The van der Waals surface area contributed by atoms with Gasteiger partial charge in [0.25, 0.3) is 5.91 Å². The van der Waals surface area contributed by atoms with Gasteiger partial charge in [0.05, 0.1) is 15.2 Å². The first-order valence-corrected chi connectivity index (χ1v) is 11.2. The second-order valence-electron chi connectivity index (χ2n) is 5.16. The van der Waals surface area contributed by atoms with Crippen LogP contribution in [0.4, 0.5) is 0 Å². The van der Waals surface area contributed by atoms with Crippen LogP contribution in [-0.2, 0) is 5.75 Å². The zero-order valence-electron chi connectivity index (χ0n) is 13.5. The zero-order valence-corrected chi connectivity index (χ0v) is 17.5. The van der Waals surface area contributed by atoms with Crippen molar-refractivity contribution in [2.45, 2.75) is 12.7 Å². The lowest BCUT2D eigenvalue weighted by Gasteiger charge is -2.03. The van der Waals surface area contributed by atoms with E-state index in [-0.39, 0.29) is 5.91 Å². The second-order valence-corrected chi connectivity index (χ2v) is 9.81. The standard InChI is InChI=1S/C17H16BrN3OS3/c1-11-15(25-17(21-11)13-4-2-3-7-19-13)16(22)20-8-9-23-10-12-5-6-14(18)24-12/h2-7H,8-10H2,1H3,(H,20,22). The van der Waals surface area contributed by atoms with Gasteiger partial charge in [-0.1, -0.05) is 6.07 Å². The summed E-state index contributed by atoms with van der Waals surface area (Å²) in [5.74, 6) is 1.79. The zero-order chi connectivity index (χ0) is 17.6. The number of hydrogen-bond acceptors (Lipinski definition) is 6. The van der Waals surface area contributed by atoms with Crippen molar-refractivity contribution in [1.29, 1.82) is 0 Å². The van der Waals surface area contributed by atoms with Crippen LogP contribution in [0.3, 0.4) is 0 Å². The summed E-state index contributed by atoms with van der Waals surface area (Å²) in [6.45, 7) is 2.51. The minimum Gasteiger partial charge on any atom is -0.350 e. The number of nitrogens with zero attached hydrogens (tertiary/aromatic N) is 2. The Morgan fingerprint density at radius 3 is 2.88 bits per heavy atom. The number of aromatic nitrogens is 2. The molecule has 1 amide bonds. The highest BCUT2D eigenvalue weighted by Gasteiger charge is 2.16. The summed E-state index contributed by atoms with van der Waals surface area (Å²) in [5.41, 5.74) is 1.55. The summed E-state index contributed by atoms with van der Waals surface area (Å²) >= 11 is 8.42. The predicted octanol–water partition coefficient (Wildman–Crippen LogP) is 5.00. The van der Waals surface area contributed by atoms with Gasteiger partial charge in [-0.3, -0.25) is 9.78 Å². The van der Waals surface area contributed by atoms with Crippen molar-refractivity contribution in [3.63, 3.8) is 0 Å². The molecule has 3 heterocycles. The van der Waals surface area contributed by atoms with E-state index in [1.54, 1.807) is 17.5 Å². The Labute approximate surface area is 167 Å². The van der Waals surface area contributed by atoms with Crippen molar-refractivity contribution in [3.05, 3.63) is 55.8 Å². The number of nitrogens with one attached hydrogen (secondary N) is 1. The number of amides is 1. The monoisotopic (exact) mass is 453 g/mol. The van der Waals surface area contributed by atoms with Crippen molar-refractivity contribution >= 4 is 56.3 Å². The van der Waals surface area contributed by atoms with Gasteiger partial charge in [0.1, 0.15) is 9.88 Å². The van der Waals surface area contributed by atoms with Gasteiger partial charge in [-0.2, -0.15) is 11.8 Å². The number of halogens is 1. The minimum atomic E-state index is -0.0587. The van der Waals surface area contributed by atoms with Crippen LogP contribution in [0.2, 0.25) is 0 Å². The number of pyridine rings is 1. The summed E-state index contributed by atoms with van der Waals surface area (Å²) in [6, 6.07) is 9.88. The number of thiazole rings is 1. The molecule has 25 heavy (non-hydrogen) atoms. The number of carbonyl (C=O) groups excluding carboxylic acids is 1. The maximum absolute atomic E-state index is 12.4. The van der Waals surface area contributed by atoms with Gasteiger partial charge >= 0.3 is 0 Å². The Balaban J connectivity index is 1.49. The number of carbonyl (C=O) groups is 1. The molecule has 3 aromatic rings. The molecule has 8 heteroatoms. The lowest BCUT2D eigenvalue weighted by molar-refractivity contribution is 0.0959. The third-order valence-corrected chi connectivity index (χ3v) is 7.28. The quantitative estimate of drug-likeness (QED) is 0.511. The van der Waals surface area contributed by atoms with Crippen LogP contribution in [0.15, 0.2) is 40.3 Å². The van der Waals surface area contributed by atoms with Crippen LogP contribution in [0, 0.1) is 6.92 Å². The van der Waals surface area contributed by atoms with E-state index in [0.29, 0.717) is 11.4 Å². The first-order chi connectivity index (χ1) is 12.1. The average Bonchev–Trinajstić information content (AvgIpc) is 3.21. The smallest absolute Gasteiger partial charge is 0.263 e. The van der Waals surface area contributed by atoms with E-state index in [1.807, 2.05) is 36.9 Å². The van der Waals surface area contributed by atoms with E-state index < -0.39 is 0 Å².